The largest absolute Gasteiger partial charge is 0.481 e. The minimum Gasteiger partial charge on any atom is -0.481 e. The molecule has 78 valence electrons. The second-order valence-electron chi connectivity index (χ2n) is 3.31. The summed E-state index contributed by atoms with van der Waals surface area (Å²) in [5, 5.41) is 13.1. The van der Waals surface area contributed by atoms with Crippen molar-refractivity contribution in [3.8, 4) is 0 Å². The molecule has 0 aliphatic heterocycles. The van der Waals surface area contributed by atoms with E-state index >= 15 is 0 Å². The molecule has 1 aromatic heterocycles. The van der Waals surface area contributed by atoms with Crippen molar-refractivity contribution in [2.75, 3.05) is 0 Å². The zero-order chi connectivity index (χ0) is 10.6. The van der Waals surface area contributed by atoms with Gasteiger partial charge in [-0.3, -0.25) is 9.48 Å². The van der Waals surface area contributed by atoms with Crippen molar-refractivity contribution in [1.29, 1.82) is 0 Å². The number of carboxylic acids is 1. The zero-order valence-electron chi connectivity index (χ0n) is 8.60. The molecule has 0 saturated carbocycles. The molecule has 0 aromatic carbocycles. The molecule has 1 aromatic rings. The Morgan fingerprint density at radius 2 is 2.36 bits per heavy atom. The second-order valence-corrected chi connectivity index (χ2v) is 3.31. The van der Waals surface area contributed by atoms with Crippen LogP contribution in [0.1, 0.15) is 38.2 Å². The normalized spacial score (nSPS) is 12.7. The van der Waals surface area contributed by atoms with Gasteiger partial charge in [0.2, 0.25) is 0 Å². The first-order chi connectivity index (χ1) is 6.69. The van der Waals surface area contributed by atoms with E-state index in [1.165, 1.54) is 0 Å². The van der Waals surface area contributed by atoms with Crippen LogP contribution in [0.15, 0.2) is 12.4 Å². The fourth-order valence-corrected chi connectivity index (χ4v) is 1.45. The van der Waals surface area contributed by atoms with Gasteiger partial charge in [-0.15, -0.1) is 0 Å². The molecule has 0 aliphatic rings. The van der Waals surface area contributed by atoms with Crippen molar-refractivity contribution >= 4 is 5.97 Å². The zero-order valence-corrected chi connectivity index (χ0v) is 8.60. The summed E-state index contributed by atoms with van der Waals surface area (Å²) in [7, 11) is 0. The standard InChI is InChI=1S/C10H16N2O2/c1-3-5-9(10(13)14)8-6-11-12(4-2)7-8/h6-7,9H,3-5H2,1-2H3,(H,13,14). The molecule has 4 heteroatoms. The molecule has 0 fully saturated rings. The van der Waals surface area contributed by atoms with Crippen LogP contribution in [0.4, 0.5) is 0 Å². The fraction of sp³-hybridized carbons (Fsp3) is 0.600. The number of carbonyl (C=O) groups is 1. The number of aromatic nitrogens is 2. The van der Waals surface area contributed by atoms with E-state index in [1.807, 2.05) is 20.0 Å². The van der Waals surface area contributed by atoms with Gasteiger partial charge in [0.05, 0.1) is 12.1 Å². The third-order valence-electron chi connectivity index (χ3n) is 2.26. The summed E-state index contributed by atoms with van der Waals surface area (Å²) in [4.78, 5) is 11.0. The van der Waals surface area contributed by atoms with Gasteiger partial charge in [-0.25, -0.2) is 0 Å². The van der Waals surface area contributed by atoms with Gasteiger partial charge in [-0.1, -0.05) is 13.3 Å². The van der Waals surface area contributed by atoms with Gasteiger partial charge >= 0.3 is 5.97 Å². The van der Waals surface area contributed by atoms with Gasteiger partial charge in [0.15, 0.2) is 0 Å². The summed E-state index contributed by atoms with van der Waals surface area (Å²) in [5.41, 5.74) is 0.807. The van der Waals surface area contributed by atoms with Crippen molar-refractivity contribution in [2.24, 2.45) is 0 Å². The number of aliphatic carboxylic acids is 1. The Kier molecular flexibility index (Phi) is 3.68. The summed E-state index contributed by atoms with van der Waals surface area (Å²) in [6.07, 6.45) is 5.01. The van der Waals surface area contributed by atoms with Crippen LogP contribution in [0.2, 0.25) is 0 Å². The fourth-order valence-electron chi connectivity index (χ4n) is 1.45. The Morgan fingerprint density at radius 1 is 1.64 bits per heavy atom. The average molecular weight is 196 g/mol. The van der Waals surface area contributed by atoms with E-state index < -0.39 is 11.9 Å². The van der Waals surface area contributed by atoms with Crippen molar-refractivity contribution in [3.05, 3.63) is 18.0 Å². The first-order valence-electron chi connectivity index (χ1n) is 4.94. The van der Waals surface area contributed by atoms with Crippen molar-refractivity contribution < 1.29 is 9.90 Å². The van der Waals surface area contributed by atoms with E-state index in [1.54, 1.807) is 10.9 Å². The van der Waals surface area contributed by atoms with Gasteiger partial charge < -0.3 is 5.11 Å². The SMILES string of the molecule is CCCC(C(=O)O)c1cnn(CC)c1. The molecular formula is C10H16N2O2. The lowest BCUT2D eigenvalue weighted by atomic mass is 9.98. The van der Waals surface area contributed by atoms with Crippen LogP contribution >= 0.6 is 0 Å². The lowest BCUT2D eigenvalue weighted by Crippen LogP contribution is -2.10. The summed E-state index contributed by atoms with van der Waals surface area (Å²) < 4.78 is 1.75. The molecule has 1 unspecified atom stereocenters. The maximum atomic E-state index is 11.0. The van der Waals surface area contributed by atoms with Crippen molar-refractivity contribution in [3.63, 3.8) is 0 Å². The number of aryl methyl sites for hydroxylation is 1. The highest BCUT2D eigenvalue weighted by molar-refractivity contribution is 5.75. The summed E-state index contributed by atoms with van der Waals surface area (Å²) in [6, 6.07) is 0. The monoisotopic (exact) mass is 196 g/mol. The molecule has 0 radical (unpaired) electrons. The first-order valence-corrected chi connectivity index (χ1v) is 4.94. The minimum atomic E-state index is -0.762. The smallest absolute Gasteiger partial charge is 0.311 e. The Bertz CT molecular complexity index is 307. The molecule has 0 saturated heterocycles. The Morgan fingerprint density at radius 3 is 2.79 bits per heavy atom. The molecule has 0 bridgehead atoms. The van der Waals surface area contributed by atoms with Crippen LogP contribution in [0.25, 0.3) is 0 Å². The van der Waals surface area contributed by atoms with Gasteiger partial charge in [0.25, 0.3) is 0 Å². The number of hydrogen-bond donors (Lipinski definition) is 1. The number of nitrogens with zero attached hydrogens (tertiary/aromatic N) is 2. The van der Waals surface area contributed by atoms with E-state index in [2.05, 4.69) is 5.10 Å². The maximum absolute atomic E-state index is 11.0. The maximum Gasteiger partial charge on any atom is 0.311 e. The van der Waals surface area contributed by atoms with Crippen LogP contribution in [0.3, 0.4) is 0 Å². The highest BCUT2D eigenvalue weighted by Gasteiger charge is 2.19. The third-order valence-corrected chi connectivity index (χ3v) is 2.26. The molecule has 1 N–H and O–H groups in total. The molecule has 1 heterocycles. The van der Waals surface area contributed by atoms with E-state index in [0.717, 1.165) is 18.5 Å². The van der Waals surface area contributed by atoms with Crippen LogP contribution in [0.5, 0.6) is 0 Å². The molecular weight excluding hydrogens is 180 g/mol. The van der Waals surface area contributed by atoms with Gasteiger partial charge in [0, 0.05) is 18.3 Å². The molecule has 0 amide bonds. The molecule has 1 rings (SSSR count). The van der Waals surface area contributed by atoms with Crippen LogP contribution in [0, 0.1) is 0 Å². The summed E-state index contributed by atoms with van der Waals surface area (Å²) >= 11 is 0. The summed E-state index contributed by atoms with van der Waals surface area (Å²) in [6.45, 7) is 4.74. The molecule has 0 spiro atoms. The predicted octanol–water partition coefficient (Wildman–Crippen LogP) is 1.87. The second kappa shape index (κ2) is 4.79. The van der Waals surface area contributed by atoms with Crippen molar-refractivity contribution in [1.82, 2.24) is 9.78 Å². The molecule has 0 aliphatic carbocycles. The van der Waals surface area contributed by atoms with Gasteiger partial charge in [-0.05, 0) is 13.3 Å². The quantitative estimate of drug-likeness (QED) is 0.782. The molecule has 4 nitrogen and oxygen atoms in total. The van der Waals surface area contributed by atoms with E-state index in [9.17, 15) is 4.79 Å². The lowest BCUT2D eigenvalue weighted by Gasteiger charge is -2.07. The Hall–Kier alpha value is -1.32. The Labute approximate surface area is 83.5 Å². The van der Waals surface area contributed by atoms with Gasteiger partial charge in [0.1, 0.15) is 0 Å². The molecule has 14 heavy (non-hydrogen) atoms. The van der Waals surface area contributed by atoms with E-state index in [0.29, 0.717) is 6.42 Å². The number of hydrogen-bond acceptors (Lipinski definition) is 2. The van der Waals surface area contributed by atoms with Crippen molar-refractivity contribution in [2.45, 2.75) is 39.2 Å². The third kappa shape index (κ3) is 2.34. The highest BCUT2D eigenvalue weighted by Crippen LogP contribution is 2.20. The first kappa shape index (κ1) is 10.8. The predicted molar refractivity (Wildman–Crippen MR) is 53.2 cm³/mol. The molecule has 1 atom stereocenters. The lowest BCUT2D eigenvalue weighted by molar-refractivity contribution is -0.139. The highest BCUT2D eigenvalue weighted by atomic mass is 16.4. The topological polar surface area (TPSA) is 55.1 Å². The average Bonchev–Trinajstić information content (AvgIpc) is 2.61. The van der Waals surface area contributed by atoms with E-state index in [4.69, 9.17) is 5.11 Å². The van der Waals surface area contributed by atoms with E-state index in [-0.39, 0.29) is 0 Å². The Balaban J connectivity index is 2.81. The minimum absolute atomic E-state index is 0.403. The van der Waals surface area contributed by atoms with Crippen LogP contribution < -0.4 is 0 Å². The number of carboxylic acid groups (broad SMARTS) is 1. The summed E-state index contributed by atoms with van der Waals surface area (Å²) in [5.74, 6) is -1.16. The number of rotatable bonds is 5. The van der Waals surface area contributed by atoms with Gasteiger partial charge in [-0.2, -0.15) is 5.10 Å². The van der Waals surface area contributed by atoms with Crippen LogP contribution in [-0.4, -0.2) is 20.9 Å². The van der Waals surface area contributed by atoms with Crippen LogP contribution in [-0.2, 0) is 11.3 Å².